The zero-order chi connectivity index (χ0) is 16.4. The molecule has 0 saturated heterocycles. The van der Waals surface area contributed by atoms with Gasteiger partial charge in [-0.05, 0) is 85.3 Å². The van der Waals surface area contributed by atoms with Crippen molar-refractivity contribution in [2.45, 2.75) is 20.8 Å². The van der Waals surface area contributed by atoms with Gasteiger partial charge in [0.2, 0.25) is 0 Å². The lowest BCUT2D eigenvalue weighted by molar-refractivity contribution is 0.962. The summed E-state index contributed by atoms with van der Waals surface area (Å²) in [5.74, 6) is 0. The summed E-state index contributed by atoms with van der Waals surface area (Å²) in [5, 5.41) is 0. The second-order valence-corrected chi connectivity index (χ2v) is 6.85. The van der Waals surface area contributed by atoms with E-state index in [9.17, 15) is 0 Å². The van der Waals surface area contributed by atoms with Gasteiger partial charge in [0.15, 0.2) is 0 Å². The van der Waals surface area contributed by atoms with Gasteiger partial charge in [-0.1, -0.05) is 18.2 Å². The zero-order valence-corrected chi connectivity index (χ0v) is 15.7. The minimum atomic E-state index is 0.974. The molecule has 0 aliphatic rings. The maximum Gasteiger partial charge on any atom is 0.0629 e. The fraction of sp³-hybridized carbons (Fsp3) is 0.150. The second kappa shape index (κ2) is 6.71. The van der Waals surface area contributed by atoms with Crippen LogP contribution in [-0.4, -0.2) is 10.8 Å². The molecule has 3 heteroatoms. The Morgan fingerprint density at radius 3 is 2.39 bits per heavy atom. The molecule has 1 heterocycles. The fourth-order valence-corrected chi connectivity index (χ4v) is 3.08. The van der Waals surface area contributed by atoms with Gasteiger partial charge in [0, 0.05) is 32.4 Å². The van der Waals surface area contributed by atoms with Gasteiger partial charge in [0.1, 0.15) is 0 Å². The standard InChI is InChI=1S/C20H19IN2/c1-14-11-19(9-10-20(14)21)23-15(2)12-17(16(23)3)13-22-18-7-5-4-6-8-18/h4-13H,1-3H3. The van der Waals surface area contributed by atoms with Crippen LogP contribution in [0.15, 0.2) is 59.6 Å². The number of nitrogens with zero attached hydrogens (tertiary/aromatic N) is 2. The number of aromatic nitrogens is 1. The van der Waals surface area contributed by atoms with E-state index >= 15 is 0 Å². The predicted molar refractivity (Wildman–Crippen MR) is 106 cm³/mol. The molecule has 0 N–H and O–H groups in total. The number of aryl methyl sites for hydroxylation is 2. The van der Waals surface area contributed by atoms with Gasteiger partial charge in [-0.3, -0.25) is 4.99 Å². The van der Waals surface area contributed by atoms with Gasteiger partial charge >= 0.3 is 0 Å². The second-order valence-electron chi connectivity index (χ2n) is 5.69. The Hall–Kier alpha value is -1.88. The van der Waals surface area contributed by atoms with E-state index in [1.807, 2.05) is 36.5 Å². The first kappa shape index (κ1) is 16.0. The summed E-state index contributed by atoms with van der Waals surface area (Å²) < 4.78 is 3.58. The van der Waals surface area contributed by atoms with Gasteiger partial charge in [0.05, 0.1) is 5.69 Å². The van der Waals surface area contributed by atoms with Crippen LogP contribution in [0.3, 0.4) is 0 Å². The minimum absolute atomic E-state index is 0.974. The number of benzene rings is 2. The van der Waals surface area contributed by atoms with Crippen LogP contribution in [0.4, 0.5) is 5.69 Å². The molecule has 1 aromatic heterocycles. The molecule has 0 atom stereocenters. The Morgan fingerprint density at radius 2 is 1.70 bits per heavy atom. The zero-order valence-electron chi connectivity index (χ0n) is 13.5. The van der Waals surface area contributed by atoms with Crippen molar-refractivity contribution < 1.29 is 0 Å². The smallest absolute Gasteiger partial charge is 0.0629 e. The van der Waals surface area contributed by atoms with Gasteiger partial charge < -0.3 is 4.57 Å². The molecule has 0 fully saturated rings. The van der Waals surface area contributed by atoms with Crippen molar-refractivity contribution >= 4 is 34.5 Å². The fourth-order valence-electron chi connectivity index (χ4n) is 2.74. The summed E-state index contributed by atoms with van der Waals surface area (Å²) in [5.41, 5.74) is 7.07. The van der Waals surface area contributed by atoms with Crippen LogP contribution in [0.1, 0.15) is 22.5 Å². The highest BCUT2D eigenvalue weighted by Crippen LogP contribution is 2.23. The highest BCUT2D eigenvalue weighted by Gasteiger charge is 2.10. The molecule has 3 aromatic rings. The molecule has 0 amide bonds. The molecule has 2 aromatic carbocycles. The van der Waals surface area contributed by atoms with E-state index in [-0.39, 0.29) is 0 Å². The number of hydrogen-bond acceptors (Lipinski definition) is 1. The largest absolute Gasteiger partial charge is 0.318 e. The Labute approximate surface area is 151 Å². The van der Waals surface area contributed by atoms with Crippen LogP contribution in [0.2, 0.25) is 0 Å². The molecule has 0 aliphatic carbocycles. The van der Waals surface area contributed by atoms with Gasteiger partial charge in [-0.15, -0.1) is 0 Å². The molecular weight excluding hydrogens is 395 g/mol. The Bertz CT molecular complexity index is 861. The third kappa shape index (κ3) is 3.39. The molecule has 0 radical (unpaired) electrons. The van der Waals surface area contributed by atoms with Crippen molar-refractivity contribution in [1.82, 2.24) is 4.57 Å². The minimum Gasteiger partial charge on any atom is -0.318 e. The quantitative estimate of drug-likeness (QED) is 0.383. The number of para-hydroxylation sites is 1. The van der Waals surface area contributed by atoms with E-state index in [4.69, 9.17) is 0 Å². The normalized spacial score (nSPS) is 11.3. The maximum absolute atomic E-state index is 4.58. The van der Waals surface area contributed by atoms with E-state index in [1.165, 1.54) is 26.2 Å². The molecule has 0 aliphatic heterocycles. The van der Waals surface area contributed by atoms with Crippen LogP contribution in [0, 0.1) is 24.3 Å². The molecular formula is C20H19IN2. The summed E-state index contributed by atoms with van der Waals surface area (Å²) >= 11 is 2.37. The summed E-state index contributed by atoms with van der Waals surface area (Å²) in [7, 11) is 0. The lowest BCUT2D eigenvalue weighted by Crippen LogP contribution is -2.00. The first-order valence-corrected chi connectivity index (χ1v) is 8.69. The van der Waals surface area contributed by atoms with Crippen molar-refractivity contribution in [3.05, 3.63) is 80.7 Å². The van der Waals surface area contributed by atoms with E-state index < -0.39 is 0 Å². The van der Waals surface area contributed by atoms with Crippen LogP contribution in [0.25, 0.3) is 5.69 Å². The summed E-state index contributed by atoms with van der Waals surface area (Å²) in [6.07, 6.45) is 1.95. The highest BCUT2D eigenvalue weighted by atomic mass is 127. The average molecular weight is 414 g/mol. The topological polar surface area (TPSA) is 17.3 Å². The Balaban J connectivity index is 1.99. The average Bonchev–Trinajstić information content (AvgIpc) is 2.83. The van der Waals surface area contributed by atoms with Crippen LogP contribution in [0.5, 0.6) is 0 Å². The number of aliphatic imine (C=N–C) groups is 1. The summed E-state index contributed by atoms with van der Waals surface area (Å²) in [6, 6.07) is 18.8. The molecule has 0 saturated carbocycles. The van der Waals surface area contributed by atoms with Crippen LogP contribution in [-0.2, 0) is 0 Å². The van der Waals surface area contributed by atoms with E-state index in [1.54, 1.807) is 0 Å². The Kier molecular flexibility index (Phi) is 4.66. The van der Waals surface area contributed by atoms with Crippen molar-refractivity contribution in [3.8, 4) is 5.69 Å². The molecule has 0 spiro atoms. The van der Waals surface area contributed by atoms with Gasteiger partial charge in [-0.2, -0.15) is 0 Å². The van der Waals surface area contributed by atoms with Crippen molar-refractivity contribution in [2.24, 2.45) is 4.99 Å². The molecule has 3 rings (SSSR count). The van der Waals surface area contributed by atoms with Crippen LogP contribution < -0.4 is 0 Å². The lowest BCUT2D eigenvalue weighted by atomic mass is 10.2. The first-order valence-electron chi connectivity index (χ1n) is 7.61. The SMILES string of the molecule is Cc1cc(-n2c(C)cc(C=Nc3ccccc3)c2C)ccc1I. The monoisotopic (exact) mass is 414 g/mol. The molecule has 2 nitrogen and oxygen atoms in total. The van der Waals surface area contributed by atoms with Crippen molar-refractivity contribution in [1.29, 1.82) is 0 Å². The number of halogens is 1. The van der Waals surface area contributed by atoms with Crippen molar-refractivity contribution in [2.75, 3.05) is 0 Å². The third-order valence-electron chi connectivity index (χ3n) is 3.98. The lowest BCUT2D eigenvalue weighted by Gasteiger charge is -2.11. The van der Waals surface area contributed by atoms with Crippen molar-refractivity contribution in [3.63, 3.8) is 0 Å². The van der Waals surface area contributed by atoms with Gasteiger partial charge in [0.25, 0.3) is 0 Å². The Morgan fingerprint density at radius 1 is 0.957 bits per heavy atom. The molecule has 0 unspecified atom stereocenters. The molecule has 23 heavy (non-hydrogen) atoms. The summed E-state index contributed by atoms with van der Waals surface area (Å²) in [4.78, 5) is 4.58. The first-order chi connectivity index (χ1) is 11.1. The van der Waals surface area contributed by atoms with Gasteiger partial charge in [-0.25, -0.2) is 0 Å². The predicted octanol–water partition coefficient (Wildman–Crippen LogP) is 5.76. The third-order valence-corrected chi connectivity index (χ3v) is 5.19. The number of rotatable bonds is 3. The van der Waals surface area contributed by atoms with E-state index in [0.717, 1.165) is 11.3 Å². The molecule has 0 bridgehead atoms. The summed E-state index contributed by atoms with van der Waals surface area (Å²) in [6.45, 7) is 6.43. The van der Waals surface area contributed by atoms with E-state index in [0.29, 0.717) is 0 Å². The molecule has 116 valence electrons. The maximum atomic E-state index is 4.58. The highest BCUT2D eigenvalue weighted by molar-refractivity contribution is 14.1. The number of hydrogen-bond donors (Lipinski definition) is 0. The van der Waals surface area contributed by atoms with Crippen LogP contribution >= 0.6 is 22.6 Å². The van der Waals surface area contributed by atoms with E-state index in [2.05, 4.69) is 77.2 Å².